The highest BCUT2D eigenvalue weighted by Crippen LogP contribution is 2.28. The van der Waals surface area contributed by atoms with Gasteiger partial charge in [0, 0.05) is 0 Å². The number of hydrogen-bond donors (Lipinski definition) is 0. The summed E-state index contributed by atoms with van der Waals surface area (Å²) in [7, 11) is 2.88. The summed E-state index contributed by atoms with van der Waals surface area (Å²) >= 11 is 0. The average molecular weight is 154 g/mol. The average Bonchev–Trinajstić information content (AvgIpc) is 1.93. The monoisotopic (exact) mass is 154 g/mol. The molecule has 0 aromatic rings. The summed E-state index contributed by atoms with van der Waals surface area (Å²) in [4.78, 5) is 0. The molecule has 0 heterocycles. The van der Waals surface area contributed by atoms with E-state index in [1.807, 2.05) is 0 Å². The number of allylic oxidation sites excluding steroid dienone is 4. The molecule has 1 heteroatoms. The van der Waals surface area contributed by atoms with Crippen molar-refractivity contribution in [3.63, 3.8) is 0 Å². The van der Waals surface area contributed by atoms with Gasteiger partial charge < -0.3 is 0 Å². The maximum Gasteiger partial charge on any atom is -0.00180 e. The van der Waals surface area contributed by atoms with Crippen molar-refractivity contribution in [2.45, 2.75) is 32.9 Å². The van der Waals surface area contributed by atoms with Gasteiger partial charge in [-0.15, -0.1) is 9.24 Å². The standard InChI is InChI=1S/C9H15P/c1-6-4-5-9(10)8(3)7(6)2/h4,9H,5,10H2,1-3H3. The predicted molar refractivity (Wildman–Crippen MR) is 50.2 cm³/mol. The Kier molecular flexibility index (Phi) is 2.31. The van der Waals surface area contributed by atoms with E-state index in [9.17, 15) is 0 Å². The summed E-state index contributed by atoms with van der Waals surface area (Å²) in [5, 5.41) is 0. The van der Waals surface area contributed by atoms with Gasteiger partial charge in [-0.1, -0.05) is 17.2 Å². The number of hydrogen-bond acceptors (Lipinski definition) is 0. The van der Waals surface area contributed by atoms with Crippen molar-refractivity contribution >= 4 is 9.24 Å². The molecule has 0 fully saturated rings. The third-order valence-corrected chi connectivity index (χ3v) is 3.19. The second-order valence-electron chi connectivity index (χ2n) is 3.04. The first-order valence-corrected chi connectivity index (χ1v) is 4.39. The molecule has 0 aromatic heterocycles. The van der Waals surface area contributed by atoms with Crippen LogP contribution in [0.15, 0.2) is 22.8 Å². The lowest BCUT2D eigenvalue weighted by Crippen LogP contribution is -2.06. The largest absolute Gasteiger partial charge is 0.130 e. The van der Waals surface area contributed by atoms with E-state index in [1.54, 1.807) is 0 Å². The third-order valence-electron chi connectivity index (χ3n) is 2.42. The van der Waals surface area contributed by atoms with Crippen molar-refractivity contribution in [3.05, 3.63) is 22.8 Å². The van der Waals surface area contributed by atoms with Crippen molar-refractivity contribution in [1.82, 2.24) is 0 Å². The molecule has 0 bridgehead atoms. The molecule has 1 aliphatic carbocycles. The van der Waals surface area contributed by atoms with Crippen molar-refractivity contribution < 1.29 is 0 Å². The summed E-state index contributed by atoms with van der Waals surface area (Å²) in [5.41, 5.74) is 5.15. The predicted octanol–water partition coefficient (Wildman–Crippen LogP) is 2.92. The maximum absolute atomic E-state index is 2.88. The van der Waals surface area contributed by atoms with Gasteiger partial charge in [-0.3, -0.25) is 0 Å². The fourth-order valence-electron chi connectivity index (χ4n) is 1.22. The topological polar surface area (TPSA) is 0 Å². The van der Waals surface area contributed by atoms with Crippen molar-refractivity contribution in [3.8, 4) is 0 Å². The zero-order chi connectivity index (χ0) is 7.72. The highest BCUT2D eigenvalue weighted by Gasteiger charge is 2.11. The Morgan fingerprint density at radius 3 is 2.50 bits per heavy atom. The molecule has 56 valence electrons. The molecule has 1 aliphatic rings. The molecular weight excluding hydrogens is 139 g/mol. The van der Waals surface area contributed by atoms with Crippen LogP contribution in [0.2, 0.25) is 0 Å². The van der Waals surface area contributed by atoms with Gasteiger partial charge in [0.2, 0.25) is 0 Å². The Bertz CT molecular complexity index is 199. The van der Waals surface area contributed by atoms with Gasteiger partial charge in [0.25, 0.3) is 0 Å². The molecule has 0 saturated heterocycles. The van der Waals surface area contributed by atoms with Gasteiger partial charge in [0.1, 0.15) is 0 Å². The van der Waals surface area contributed by atoms with Crippen molar-refractivity contribution in [2.75, 3.05) is 0 Å². The van der Waals surface area contributed by atoms with E-state index in [2.05, 4.69) is 36.1 Å². The Morgan fingerprint density at radius 2 is 2.00 bits per heavy atom. The highest BCUT2D eigenvalue weighted by atomic mass is 31.0. The Balaban J connectivity index is 2.94. The van der Waals surface area contributed by atoms with Crippen LogP contribution in [0.4, 0.5) is 0 Å². The van der Waals surface area contributed by atoms with Crippen LogP contribution < -0.4 is 0 Å². The normalized spacial score (nSPS) is 26.8. The van der Waals surface area contributed by atoms with Gasteiger partial charge in [-0.2, -0.15) is 0 Å². The maximum atomic E-state index is 2.88. The first kappa shape index (κ1) is 8.01. The first-order valence-electron chi connectivity index (χ1n) is 3.73. The molecule has 0 saturated carbocycles. The lowest BCUT2D eigenvalue weighted by Gasteiger charge is -2.19. The third kappa shape index (κ3) is 1.32. The number of rotatable bonds is 0. The fraction of sp³-hybridized carbons (Fsp3) is 0.556. The van der Waals surface area contributed by atoms with E-state index in [1.165, 1.54) is 23.1 Å². The van der Waals surface area contributed by atoms with Crippen LogP contribution in [-0.4, -0.2) is 5.66 Å². The van der Waals surface area contributed by atoms with Crippen LogP contribution in [0.5, 0.6) is 0 Å². The minimum atomic E-state index is 0.684. The summed E-state index contributed by atoms with van der Waals surface area (Å²) < 4.78 is 0. The smallest absolute Gasteiger partial charge is 0.00180 e. The van der Waals surface area contributed by atoms with Gasteiger partial charge in [-0.25, -0.2) is 0 Å². The molecule has 0 spiro atoms. The van der Waals surface area contributed by atoms with E-state index in [0.29, 0.717) is 5.66 Å². The lowest BCUT2D eigenvalue weighted by molar-refractivity contribution is 0.937. The minimum Gasteiger partial charge on any atom is -0.130 e. The molecule has 1 rings (SSSR count). The van der Waals surface area contributed by atoms with Gasteiger partial charge in [0.05, 0.1) is 0 Å². The van der Waals surface area contributed by atoms with Crippen LogP contribution in [0.25, 0.3) is 0 Å². The fourth-order valence-corrected chi connectivity index (χ4v) is 1.61. The highest BCUT2D eigenvalue weighted by molar-refractivity contribution is 7.18. The minimum absolute atomic E-state index is 0.684. The Morgan fingerprint density at radius 1 is 1.40 bits per heavy atom. The Hall–Kier alpha value is -0.0900. The second kappa shape index (κ2) is 2.88. The zero-order valence-electron chi connectivity index (χ0n) is 6.94. The molecule has 0 aromatic carbocycles. The van der Waals surface area contributed by atoms with Crippen molar-refractivity contribution in [2.24, 2.45) is 0 Å². The van der Waals surface area contributed by atoms with Gasteiger partial charge >= 0.3 is 0 Å². The summed E-state index contributed by atoms with van der Waals surface area (Å²) in [6.07, 6.45) is 3.51. The Labute approximate surface area is 65.6 Å². The van der Waals surface area contributed by atoms with Gasteiger partial charge in [0.15, 0.2) is 0 Å². The quantitative estimate of drug-likeness (QED) is 0.470. The van der Waals surface area contributed by atoms with Gasteiger partial charge in [-0.05, 0) is 38.4 Å². The van der Waals surface area contributed by atoms with E-state index in [0.717, 1.165) is 0 Å². The van der Waals surface area contributed by atoms with E-state index >= 15 is 0 Å². The summed E-state index contributed by atoms with van der Waals surface area (Å²) in [5.74, 6) is 0. The SMILES string of the molecule is CC1=CCC(P)C(C)=C1C. The van der Waals surface area contributed by atoms with Crippen LogP contribution in [0.1, 0.15) is 27.2 Å². The molecule has 2 unspecified atom stereocenters. The molecule has 0 N–H and O–H groups in total. The van der Waals surface area contributed by atoms with E-state index in [-0.39, 0.29) is 0 Å². The molecule has 10 heavy (non-hydrogen) atoms. The van der Waals surface area contributed by atoms with Crippen LogP contribution in [0.3, 0.4) is 0 Å². The van der Waals surface area contributed by atoms with E-state index in [4.69, 9.17) is 0 Å². The first-order chi connectivity index (χ1) is 4.63. The van der Waals surface area contributed by atoms with Crippen LogP contribution >= 0.6 is 9.24 Å². The van der Waals surface area contributed by atoms with Crippen LogP contribution in [0, 0.1) is 0 Å². The molecule has 0 amide bonds. The lowest BCUT2D eigenvalue weighted by atomic mass is 9.94. The molecule has 0 aliphatic heterocycles. The molecular formula is C9H15P. The zero-order valence-corrected chi connectivity index (χ0v) is 8.09. The van der Waals surface area contributed by atoms with E-state index < -0.39 is 0 Å². The molecule has 0 radical (unpaired) electrons. The summed E-state index contributed by atoms with van der Waals surface area (Å²) in [6.45, 7) is 6.62. The second-order valence-corrected chi connectivity index (χ2v) is 3.84. The summed E-state index contributed by atoms with van der Waals surface area (Å²) in [6, 6.07) is 0. The van der Waals surface area contributed by atoms with Crippen LogP contribution in [-0.2, 0) is 0 Å². The molecule has 2 atom stereocenters. The molecule has 0 nitrogen and oxygen atoms in total. The van der Waals surface area contributed by atoms with Crippen molar-refractivity contribution in [1.29, 1.82) is 0 Å².